The van der Waals surface area contributed by atoms with Gasteiger partial charge in [-0.05, 0) is 43.9 Å². The Morgan fingerprint density at radius 2 is 1.88 bits per heavy atom. The summed E-state index contributed by atoms with van der Waals surface area (Å²) in [5.74, 6) is -0.962. The number of carbonyl (C=O) groups excluding carboxylic acids is 3. The Morgan fingerprint density at radius 1 is 1.16 bits per heavy atom. The number of piperidine rings is 1. The number of rotatable bonds is 7. The van der Waals surface area contributed by atoms with Crippen LogP contribution in [0, 0.1) is 16.0 Å². The fourth-order valence-corrected chi connectivity index (χ4v) is 3.55. The van der Waals surface area contributed by atoms with Gasteiger partial charge in [-0.2, -0.15) is 0 Å². The molecule has 0 aromatic heterocycles. The maximum Gasteiger partial charge on any atom is 0.341 e. The Kier molecular flexibility index (Phi) is 7.19. The molecular weight excluding hydrogens is 414 g/mol. The molecule has 0 aliphatic carbocycles. The van der Waals surface area contributed by atoms with Crippen molar-refractivity contribution in [1.29, 1.82) is 0 Å². The van der Waals surface area contributed by atoms with Gasteiger partial charge in [-0.15, -0.1) is 0 Å². The number of nitro benzene ring substituents is 1. The monoisotopic (exact) mass is 439 g/mol. The lowest BCUT2D eigenvalue weighted by atomic mass is 9.98. The third-order valence-corrected chi connectivity index (χ3v) is 5.42. The molecule has 1 heterocycles. The van der Waals surface area contributed by atoms with Crippen molar-refractivity contribution in [2.24, 2.45) is 5.92 Å². The Morgan fingerprint density at radius 3 is 2.53 bits per heavy atom. The van der Waals surface area contributed by atoms with Crippen LogP contribution in [0.1, 0.15) is 47.4 Å². The molecule has 0 unspecified atom stereocenters. The second kappa shape index (κ2) is 10.0. The second-order valence-electron chi connectivity index (χ2n) is 7.89. The third-order valence-electron chi connectivity index (χ3n) is 5.42. The van der Waals surface area contributed by atoms with E-state index in [9.17, 15) is 24.5 Å². The zero-order valence-corrected chi connectivity index (χ0v) is 18.0. The van der Waals surface area contributed by atoms with Crippen LogP contribution in [0.4, 0.5) is 17.1 Å². The summed E-state index contributed by atoms with van der Waals surface area (Å²) in [7, 11) is 0. The molecule has 1 amide bonds. The molecule has 1 fully saturated rings. The molecule has 1 aliphatic rings. The van der Waals surface area contributed by atoms with Gasteiger partial charge in [0.15, 0.2) is 12.4 Å². The highest BCUT2D eigenvalue weighted by molar-refractivity contribution is 6.00. The summed E-state index contributed by atoms with van der Waals surface area (Å²) in [6.07, 6.45) is 1.90. The molecule has 1 aliphatic heterocycles. The minimum atomic E-state index is -0.810. The van der Waals surface area contributed by atoms with Crippen LogP contribution in [0.2, 0.25) is 0 Å². The summed E-state index contributed by atoms with van der Waals surface area (Å²) < 4.78 is 5.16. The first kappa shape index (κ1) is 22.9. The predicted molar refractivity (Wildman–Crippen MR) is 119 cm³/mol. The van der Waals surface area contributed by atoms with Gasteiger partial charge in [0, 0.05) is 36.5 Å². The molecule has 1 N–H and O–H groups in total. The zero-order chi connectivity index (χ0) is 23.3. The van der Waals surface area contributed by atoms with Crippen LogP contribution >= 0.6 is 0 Å². The molecule has 0 saturated carbocycles. The molecule has 9 heteroatoms. The summed E-state index contributed by atoms with van der Waals surface area (Å²) in [4.78, 5) is 49.1. The predicted octanol–water partition coefficient (Wildman–Crippen LogP) is 3.83. The molecule has 1 saturated heterocycles. The zero-order valence-electron chi connectivity index (χ0n) is 18.0. The van der Waals surface area contributed by atoms with Crippen LogP contribution in [0.5, 0.6) is 0 Å². The largest absolute Gasteiger partial charge is 0.452 e. The molecular formula is C23H25N3O6. The summed E-state index contributed by atoms with van der Waals surface area (Å²) in [5.41, 5.74) is 1.23. The minimum absolute atomic E-state index is 0.0557. The number of anilines is 2. The lowest BCUT2D eigenvalue weighted by Crippen LogP contribution is -2.34. The van der Waals surface area contributed by atoms with Crippen molar-refractivity contribution in [3.63, 3.8) is 0 Å². The van der Waals surface area contributed by atoms with E-state index in [2.05, 4.69) is 12.2 Å². The van der Waals surface area contributed by atoms with Crippen molar-refractivity contribution in [2.75, 3.05) is 29.9 Å². The number of ether oxygens (including phenoxy) is 1. The van der Waals surface area contributed by atoms with Gasteiger partial charge in [0.05, 0.1) is 16.2 Å². The van der Waals surface area contributed by atoms with Crippen LogP contribution in [0.15, 0.2) is 42.5 Å². The normalized spacial score (nSPS) is 14.0. The Bertz CT molecular complexity index is 1040. The fraction of sp³-hybridized carbons (Fsp3) is 0.348. The van der Waals surface area contributed by atoms with E-state index in [1.165, 1.54) is 25.1 Å². The first-order chi connectivity index (χ1) is 15.2. The molecule has 0 spiro atoms. The number of benzene rings is 2. The molecule has 2 aromatic carbocycles. The molecule has 2 aromatic rings. The molecule has 0 bridgehead atoms. The number of nitrogens with zero attached hydrogens (tertiary/aromatic N) is 2. The van der Waals surface area contributed by atoms with E-state index < -0.39 is 23.4 Å². The van der Waals surface area contributed by atoms with Crippen LogP contribution in [0.25, 0.3) is 0 Å². The van der Waals surface area contributed by atoms with Crippen molar-refractivity contribution in [1.82, 2.24) is 0 Å². The molecule has 168 valence electrons. The number of hydrogen-bond donors (Lipinski definition) is 1. The summed E-state index contributed by atoms with van der Waals surface area (Å²) >= 11 is 0. The highest BCUT2D eigenvalue weighted by Gasteiger charge is 2.24. The maximum atomic E-state index is 12.8. The molecule has 3 rings (SSSR count). The average Bonchev–Trinajstić information content (AvgIpc) is 2.77. The van der Waals surface area contributed by atoms with Gasteiger partial charge >= 0.3 is 5.97 Å². The topological polar surface area (TPSA) is 119 Å². The van der Waals surface area contributed by atoms with Gasteiger partial charge in [-0.3, -0.25) is 19.7 Å². The number of non-ortho nitro benzene ring substituents is 1. The summed E-state index contributed by atoms with van der Waals surface area (Å²) in [6, 6.07) is 10.5. The van der Waals surface area contributed by atoms with Crippen molar-refractivity contribution in [2.45, 2.75) is 26.7 Å². The molecule has 0 atom stereocenters. The summed E-state index contributed by atoms with van der Waals surface area (Å²) in [6.45, 7) is 4.47. The quantitative estimate of drug-likeness (QED) is 0.301. The third kappa shape index (κ3) is 5.69. The van der Waals surface area contributed by atoms with Crippen LogP contribution < -0.4 is 10.2 Å². The lowest BCUT2D eigenvalue weighted by Gasteiger charge is -2.33. The smallest absolute Gasteiger partial charge is 0.341 e. The number of esters is 1. The lowest BCUT2D eigenvalue weighted by molar-refractivity contribution is -0.384. The number of nitrogens with one attached hydrogen (secondary N) is 1. The Labute approximate surface area is 185 Å². The minimum Gasteiger partial charge on any atom is -0.452 e. The van der Waals surface area contributed by atoms with Gasteiger partial charge in [0.25, 0.3) is 11.6 Å². The Balaban J connectivity index is 1.71. The molecule has 32 heavy (non-hydrogen) atoms. The maximum absolute atomic E-state index is 12.8. The highest BCUT2D eigenvalue weighted by atomic mass is 16.6. The van der Waals surface area contributed by atoms with Gasteiger partial charge in [-0.1, -0.05) is 19.1 Å². The van der Waals surface area contributed by atoms with E-state index in [1.807, 2.05) is 4.90 Å². The van der Waals surface area contributed by atoms with Crippen LogP contribution in [-0.2, 0) is 9.53 Å². The number of Topliss-reactive ketones (excluding diaryl/α,β-unsaturated/α-hetero) is 1. The second-order valence-corrected chi connectivity index (χ2v) is 7.89. The number of carbonyl (C=O) groups is 3. The van der Waals surface area contributed by atoms with E-state index in [0.717, 1.165) is 25.9 Å². The molecule has 9 nitrogen and oxygen atoms in total. The Hall–Kier alpha value is -3.75. The van der Waals surface area contributed by atoms with Crippen molar-refractivity contribution < 1.29 is 24.0 Å². The summed E-state index contributed by atoms with van der Waals surface area (Å²) in [5, 5.41) is 13.8. The number of nitro groups is 1. The SMILES string of the molecule is CC(=O)c1cccc(NC(=O)COC(=O)c2cc([N+](=O)[O-])ccc2N2CCC(C)CC2)c1. The van der Waals surface area contributed by atoms with Gasteiger partial charge in [0.1, 0.15) is 0 Å². The number of amides is 1. The van der Waals surface area contributed by atoms with Crippen LogP contribution in [-0.4, -0.2) is 42.3 Å². The first-order valence-corrected chi connectivity index (χ1v) is 10.4. The standard InChI is InChI=1S/C23H25N3O6/c1-15-8-10-25(11-9-15)21-7-6-19(26(30)31)13-20(21)23(29)32-14-22(28)24-18-5-3-4-17(12-18)16(2)27/h3-7,12-13,15H,8-11,14H2,1-2H3,(H,24,28). The van der Waals surface area contributed by atoms with E-state index in [-0.39, 0.29) is 17.0 Å². The average molecular weight is 439 g/mol. The van der Waals surface area contributed by atoms with Crippen molar-refractivity contribution >= 4 is 34.7 Å². The van der Waals surface area contributed by atoms with E-state index in [0.29, 0.717) is 22.9 Å². The van der Waals surface area contributed by atoms with Crippen LogP contribution in [0.3, 0.4) is 0 Å². The number of ketones is 1. The highest BCUT2D eigenvalue weighted by Crippen LogP contribution is 2.30. The fourth-order valence-electron chi connectivity index (χ4n) is 3.55. The van der Waals surface area contributed by atoms with Gasteiger partial charge in [0.2, 0.25) is 0 Å². The van der Waals surface area contributed by atoms with Crippen molar-refractivity contribution in [3.05, 3.63) is 63.7 Å². The molecule has 0 radical (unpaired) electrons. The van der Waals surface area contributed by atoms with E-state index in [1.54, 1.807) is 24.3 Å². The van der Waals surface area contributed by atoms with E-state index >= 15 is 0 Å². The van der Waals surface area contributed by atoms with Gasteiger partial charge < -0.3 is 15.0 Å². The van der Waals surface area contributed by atoms with Crippen molar-refractivity contribution in [3.8, 4) is 0 Å². The number of hydrogen-bond acceptors (Lipinski definition) is 7. The van der Waals surface area contributed by atoms with E-state index in [4.69, 9.17) is 4.74 Å². The first-order valence-electron chi connectivity index (χ1n) is 10.4. The van der Waals surface area contributed by atoms with Gasteiger partial charge in [-0.25, -0.2) is 4.79 Å².